The Kier molecular flexibility index (Phi) is 9.76. The minimum absolute atomic E-state index is 0.0373. The van der Waals surface area contributed by atoms with Gasteiger partial charge in [-0.3, -0.25) is 19.2 Å². The van der Waals surface area contributed by atoms with Crippen LogP contribution in [0, 0.1) is 5.92 Å². The van der Waals surface area contributed by atoms with Crippen LogP contribution in [-0.4, -0.2) is 64.4 Å². The summed E-state index contributed by atoms with van der Waals surface area (Å²) >= 11 is 0. The number of hydrogen-bond acceptors (Lipinski definition) is 6. The Bertz CT molecular complexity index is 1080. The van der Waals surface area contributed by atoms with Gasteiger partial charge in [-0.2, -0.15) is 0 Å². The lowest BCUT2D eigenvalue weighted by Gasteiger charge is -2.26. The summed E-state index contributed by atoms with van der Waals surface area (Å²) < 4.78 is 0. The number of aromatic amines is 1. The molecular weight excluding hydrogens is 456 g/mol. The van der Waals surface area contributed by atoms with Crippen molar-refractivity contribution in [3.8, 4) is 0 Å². The number of para-hydroxylation sites is 1. The third-order valence-electron chi connectivity index (χ3n) is 5.75. The van der Waals surface area contributed by atoms with E-state index in [0.29, 0.717) is 12.0 Å². The third-order valence-corrected chi connectivity index (χ3v) is 5.75. The van der Waals surface area contributed by atoms with Gasteiger partial charge < -0.3 is 37.5 Å². The third kappa shape index (κ3) is 7.54. The summed E-state index contributed by atoms with van der Waals surface area (Å²) in [5.74, 6) is -4.65. The van der Waals surface area contributed by atoms with Crippen LogP contribution in [0.25, 0.3) is 10.9 Å². The second kappa shape index (κ2) is 12.5. The molecule has 0 saturated heterocycles. The average molecular weight is 489 g/mol. The van der Waals surface area contributed by atoms with Crippen molar-refractivity contribution in [1.82, 2.24) is 20.9 Å². The summed E-state index contributed by atoms with van der Waals surface area (Å²) in [6, 6.07) is 3.51. The van der Waals surface area contributed by atoms with Gasteiger partial charge in [0.25, 0.3) is 0 Å². The molecule has 1 aromatic carbocycles. The fourth-order valence-electron chi connectivity index (χ4n) is 3.60. The van der Waals surface area contributed by atoms with Gasteiger partial charge in [-0.15, -0.1) is 0 Å². The molecule has 0 radical (unpaired) electrons. The van der Waals surface area contributed by atoms with Crippen LogP contribution in [0.1, 0.15) is 32.3 Å². The van der Waals surface area contributed by atoms with Gasteiger partial charge >= 0.3 is 5.97 Å². The van der Waals surface area contributed by atoms with E-state index in [1.54, 1.807) is 13.1 Å². The number of primary amides is 1. The number of carboxylic acid groups (broad SMARTS) is 1. The molecule has 9 N–H and O–H groups in total. The summed E-state index contributed by atoms with van der Waals surface area (Å²) in [7, 11) is 0. The van der Waals surface area contributed by atoms with Gasteiger partial charge in [0.2, 0.25) is 23.6 Å². The molecule has 2 aromatic rings. The molecule has 0 saturated carbocycles. The largest absolute Gasteiger partial charge is 0.480 e. The summed E-state index contributed by atoms with van der Waals surface area (Å²) in [6.45, 7) is 3.21. The Hall–Kier alpha value is -3.93. The molecule has 1 heterocycles. The Morgan fingerprint density at radius 2 is 1.69 bits per heavy atom. The number of hydrogen-bond donors (Lipinski definition) is 7. The minimum atomic E-state index is -1.44. The highest BCUT2D eigenvalue weighted by Gasteiger charge is 2.32. The molecule has 4 amide bonds. The van der Waals surface area contributed by atoms with Crippen molar-refractivity contribution in [2.75, 3.05) is 6.54 Å². The fourth-order valence-corrected chi connectivity index (χ4v) is 3.60. The number of rotatable bonds is 13. The summed E-state index contributed by atoms with van der Waals surface area (Å²) in [6.07, 6.45) is 1.59. The first-order valence-electron chi connectivity index (χ1n) is 11.2. The van der Waals surface area contributed by atoms with E-state index in [1.807, 2.05) is 31.2 Å². The monoisotopic (exact) mass is 488 g/mol. The molecule has 190 valence electrons. The molecule has 4 unspecified atom stereocenters. The van der Waals surface area contributed by atoms with Crippen LogP contribution < -0.4 is 27.4 Å². The predicted octanol–water partition coefficient (Wildman–Crippen LogP) is -0.870. The van der Waals surface area contributed by atoms with Gasteiger partial charge in [0.1, 0.15) is 18.1 Å². The minimum Gasteiger partial charge on any atom is -0.480 e. The number of H-pyrrole nitrogens is 1. The van der Waals surface area contributed by atoms with Gasteiger partial charge in [0, 0.05) is 23.5 Å². The number of carbonyl (C=O) groups is 5. The smallest absolute Gasteiger partial charge is 0.326 e. The molecule has 0 aliphatic heterocycles. The number of fused-ring (bicyclic) bond motifs is 1. The van der Waals surface area contributed by atoms with E-state index in [1.165, 1.54) is 0 Å². The summed E-state index contributed by atoms with van der Waals surface area (Å²) in [4.78, 5) is 64.1. The molecular formula is C23H32N6O6. The predicted molar refractivity (Wildman–Crippen MR) is 128 cm³/mol. The molecule has 0 aliphatic carbocycles. The number of carbonyl (C=O) groups excluding carboxylic acids is 4. The van der Waals surface area contributed by atoms with Crippen molar-refractivity contribution < 1.29 is 29.1 Å². The number of aliphatic carboxylic acids is 1. The fraction of sp³-hybridized carbons (Fsp3) is 0.435. The highest BCUT2D eigenvalue weighted by molar-refractivity contribution is 5.96. The van der Waals surface area contributed by atoms with E-state index in [4.69, 9.17) is 11.5 Å². The van der Waals surface area contributed by atoms with E-state index in [-0.39, 0.29) is 18.9 Å². The zero-order chi connectivity index (χ0) is 26.1. The maximum absolute atomic E-state index is 12.9. The van der Waals surface area contributed by atoms with Crippen LogP contribution in [0.15, 0.2) is 30.5 Å². The number of carboxylic acids is 1. The van der Waals surface area contributed by atoms with E-state index in [0.717, 1.165) is 10.9 Å². The molecule has 0 spiro atoms. The lowest BCUT2D eigenvalue weighted by atomic mass is 9.97. The van der Waals surface area contributed by atoms with Gasteiger partial charge in [0.05, 0.1) is 13.0 Å². The van der Waals surface area contributed by atoms with Gasteiger partial charge in [-0.05, 0) is 17.5 Å². The van der Waals surface area contributed by atoms with Crippen LogP contribution in [0.3, 0.4) is 0 Å². The number of amides is 4. The molecule has 35 heavy (non-hydrogen) atoms. The highest BCUT2D eigenvalue weighted by Crippen LogP contribution is 2.19. The van der Waals surface area contributed by atoms with E-state index in [2.05, 4.69) is 20.9 Å². The SMILES string of the molecule is CCC(C)C(NC(=O)CN)C(=O)NC(CC(N)=O)C(=O)NC(Cc1c[nH]c2ccccc12)C(=O)O. The molecule has 0 fully saturated rings. The molecule has 12 heteroatoms. The van der Waals surface area contributed by atoms with Crippen molar-refractivity contribution in [1.29, 1.82) is 0 Å². The molecule has 12 nitrogen and oxygen atoms in total. The Morgan fingerprint density at radius 1 is 1.03 bits per heavy atom. The Morgan fingerprint density at radius 3 is 2.29 bits per heavy atom. The summed E-state index contributed by atoms with van der Waals surface area (Å²) in [5.41, 5.74) is 12.1. The highest BCUT2D eigenvalue weighted by atomic mass is 16.4. The Labute approximate surface area is 202 Å². The van der Waals surface area contributed by atoms with Crippen molar-refractivity contribution in [2.45, 2.75) is 51.2 Å². The van der Waals surface area contributed by atoms with Gasteiger partial charge in [-0.1, -0.05) is 38.5 Å². The van der Waals surface area contributed by atoms with Crippen LogP contribution in [0.5, 0.6) is 0 Å². The van der Waals surface area contributed by atoms with Crippen molar-refractivity contribution in [3.05, 3.63) is 36.0 Å². The zero-order valence-corrected chi connectivity index (χ0v) is 19.7. The van der Waals surface area contributed by atoms with E-state index >= 15 is 0 Å². The maximum Gasteiger partial charge on any atom is 0.326 e. The zero-order valence-electron chi connectivity index (χ0n) is 19.7. The number of nitrogens with two attached hydrogens (primary N) is 2. The van der Waals surface area contributed by atoms with Crippen molar-refractivity contribution in [3.63, 3.8) is 0 Å². The van der Waals surface area contributed by atoms with E-state index in [9.17, 15) is 29.1 Å². The van der Waals surface area contributed by atoms with Crippen LogP contribution >= 0.6 is 0 Å². The van der Waals surface area contributed by atoms with Crippen LogP contribution in [-0.2, 0) is 30.4 Å². The molecule has 4 atom stereocenters. The molecule has 1 aromatic heterocycles. The second-order valence-electron chi connectivity index (χ2n) is 8.33. The first-order chi connectivity index (χ1) is 16.6. The van der Waals surface area contributed by atoms with Crippen molar-refractivity contribution >= 4 is 40.5 Å². The van der Waals surface area contributed by atoms with Crippen LogP contribution in [0.4, 0.5) is 0 Å². The van der Waals surface area contributed by atoms with Crippen LogP contribution in [0.2, 0.25) is 0 Å². The second-order valence-corrected chi connectivity index (χ2v) is 8.33. The standard InChI is InChI=1S/C23H32N6O6/c1-3-12(2)20(29-19(31)10-24)22(33)27-16(9-18(25)30)21(32)28-17(23(34)35)8-13-11-26-15-7-5-4-6-14(13)15/h4-7,11-12,16-17,20,26H,3,8-10,24H2,1-2H3,(H2,25,30)(H,27,33)(H,28,32)(H,29,31)(H,34,35). The normalized spacial score (nSPS) is 14.4. The topological polar surface area (TPSA) is 209 Å². The number of nitrogens with one attached hydrogen (secondary N) is 4. The van der Waals surface area contributed by atoms with E-state index < -0.39 is 54.1 Å². The lowest BCUT2D eigenvalue weighted by Crippen LogP contribution is -2.58. The van der Waals surface area contributed by atoms with Crippen molar-refractivity contribution in [2.24, 2.45) is 17.4 Å². The first-order valence-corrected chi connectivity index (χ1v) is 11.2. The van der Waals surface area contributed by atoms with Gasteiger partial charge in [0.15, 0.2) is 0 Å². The Balaban J connectivity index is 2.20. The summed E-state index contributed by atoms with van der Waals surface area (Å²) in [5, 5.41) is 17.8. The maximum atomic E-state index is 12.9. The molecule has 0 bridgehead atoms. The molecule has 2 rings (SSSR count). The lowest BCUT2D eigenvalue weighted by molar-refractivity contribution is -0.142. The quantitative estimate of drug-likeness (QED) is 0.189. The average Bonchev–Trinajstić information content (AvgIpc) is 3.23. The van der Waals surface area contributed by atoms with Gasteiger partial charge in [-0.25, -0.2) is 4.79 Å². The molecule has 0 aliphatic rings. The first kappa shape index (κ1) is 27.3. The number of benzene rings is 1. The number of aromatic nitrogens is 1.